The highest BCUT2D eigenvalue weighted by molar-refractivity contribution is 5.95. The maximum Gasteiger partial charge on any atom is 0.255 e. The quantitative estimate of drug-likeness (QED) is 0.579. The second-order valence-corrected chi connectivity index (χ2v) is 6.38. The minimum absolute atomic E-state index is 0.189. The molecule has 4 rings (SSSR count). The van der Waals surface area contributed by atoms with Gasteiger partial charge < -0.3 is 9.73 Å². The maximum atomic E-state index is 12.6. The summed E-state index contributed by atoms with van der Waals surface area (Å²) in [6.07, 6.45) is 3.18. The van der Waals surface area contributed by atoms with Gasteiger partial charge >= 0.3 is 0 Å². The van der Waals surface area contributed by atoms with Crippen molar-refractivity contribution in [3.63, 3.8) is 0 Å². The minimum Gasteiger partial charge on any atom is -0.460 e. The number of rotatable bonds is 5. The molecule has 0 aliphatic rings. The van der Waals surface area contributed by atoms with Crippen LogP contribution in [0.4, 0.5) is 0 Å². The predicted octanol–water partition coefficient (Wildman–Crippen LogP) is 3.47. The van der Waals surface area contributed by atoms with Gasteiger partial charge in [-0.1, -0.05) is 30.3 Å². The molecule has 0 fully saturated rings. The van der Waals surface area contributed by atoms with E-state index in [-0.39, 0.29) is 5.91 Å². The molecule has 7 nitrogen and oxygen atoms in total. The van der Waals surface area contributed by atoms with Crippen LogP contribution in [0.1, 0.15) is 27.4 Å². The van der Waals surface area contributed by atoms with E-state index in [1.165, 1.54) is 6.20 Å². The number of hydrogen-bond donors (Lipinski definition) is 1. The monoisotopic (exact) mass is 373 g/mol. The summed E-state index contributed by atoms with van der Waals surface area (Å²) in [5.74, 6) is 1.66. The molecule has 28 heavy (non-hydrogen) atoms. The van der Waals surface area contributed by atoms with Gasteiger partial charge in [0.05, 0.1) is 17.5 Å². The Hall–Kier alpha value is -3.74. The van der Waals surface area contributed by atoms with Crippen molar-refractivity contribution in [2.45, 2.75) is 20.4 Å². The summed E-state index contributed by atoms with van der Waals surface area (Å²) in [5, 5.41) is 7.22. The van der Waals surface area contributed by atoms with Crippen molar-refractivity contribution in [2.24, 2.45) is 0 Å². The number of carbonyl (C=O) groups excluding carboxylic acids is 1. The van der Waals surface area contributed by atoms with Crippen LogP contribution < -0.4 is 5.32 Å². The fourth-order valence-electron chi connectivity index (χ4n) is 2.87. The van der Waals surface area contributed by atoms with E-state index >= 15 is 0 Å². The number of carbonyl (C=O) groups is 1. The van der Waals surface area contributed by atoms with Gasteiger partial charge in [-0.15, -0.1) is 0 Å². The Bertz CT molecular complexity index is 1110. The summed E-state index contributed by atoms with van der Waals surface area (Å²) in [4.78, 5) is 21.4. The predicted molar refractivity (Wildman–Crippen MR) is 104 cm³/mol. The van der Waals surface area contributed by atoms with E-state index < -0.39 is 0 Å². The summed E-state index contributed by atoms with van der Waals surface area (Å²) in [5.41, 5.74) is 2.84. The van der Waals surface area contributed by atoms with Crippen molar-refractivity contribution in [3.05, 3.63) is 83.5 Å². The number of amides is 1. The molecule has 0 saturated heterocycles. The SMILES string of the molecule is Cc1ccc(-c2ccnc(-n3ncc(C(=O)NCc4ccccc4)c3C)n2)o1. The zero-order valence-corrected chi connectivity index (χ0v) is 15.6. The average molecular weight is 373 g/mol. The summed E-state index contributed by atoms with van der Waals surface area (Å²) in [6.45, 7) is 4.15. The van der Waals surface area contributed by atoms with Crippen molar-refractivity contribution in [1.29, 1.82) is 0 Å². The van der Waals surface area contributed by atoms with Crippen LogP contribution in [0.25, 0.3) is 17.4 Å². The number of furan rings is 1. The lowest BCUT2D eigenvalue weighted by Crippen LogP contribution is -2.23. The number of hydrogen-bond acceptors (Lipinski definition) is 5. The van der Waals surface area contributed by atoms with Crippen LogP contribution in [-0.2, 0) is 6.54 Å². The lowest BCUT2D eigenvalue weighted by Gasteiger charge is -2.06. The Morgan fingerprint density at radius 1 is 1.11 bits per heavy atom. The van der Waals surface area contributed by atoms with Gasteiger partial charge in [0.1, 0.15) is 11.5 Å². The molecular weight excluding hydrogens is 354 g/mol. The smallest absolute Gasteiger partial charge is 0.255 e. The van der Waals surface area contributed by atoms with E-state index in [0.29, 0.717) is 35.2 Å². The van der Waals surface area contributed by atoms with E-state index in [9.17, 15) is 4.79 Å². The van der Waals surface area contributed by atoms with Crippen molar-refractivity contribution in [2.75, 3.05) is 0 Å². The lowest BCUT2D eigenvalue weighted by atomic mass is 10.2. The van der Waals surface area contributed by atoms with Crippen molar-refractivity contribution >= 4 is 5.91 Å². The fraction of sp³-hybridized carbons (Fsp3) is 0.143. The highest BCUT2D eigenvalue weighted by atomic mass is 16.3. The molecule has 1 amide bonds. The normalized spacial score (nSPS) is 10.8. The van der Waals surface area contributed by atoms with Crippen LogP contribution >= 0.6 is 0 Å². The van der Waals surface area contributed by atoms with E-state index in [2.05, 4.69) is 20.4 Å². The van der Waals surface area contributed by atoms with Crippen LogP contribution in [0, 0.1) is 13.8 Å². The zero-order valence-electron chi connectivity index (χ0n) is 15.6. The molecule has 0 saturated carbocycles. The van der Waals surface area contributed by atoms with Gasteiger partial charge in [0, 0.05) is 12.7 Å². The molecule has 3 heterocycles. The molecule has 1 N–H and O–H groups in total. The largest absolute Gasteiger partial charge is 0.460 e. The van der Waals surface area contributed by atoms with Crippen LogP contribution in [-0.4, -0.2) is 25.7 Å². The molecule has 0 atom stereocenters. The molecule has 140 valence electrons. The first-order valence-corrected chi connectivity index (χ1v) is 8.89. The highest BCUT2D eigenvalue weighted by Crippen LogP contribution is 2.20. The minimum atomic E-state index is -0.189. The second-order valence-electron chi connectivity index (χ2n) is 6.38. The Morgan fingerprint density at radius 3 is 2.68 bits per heavy atom. The van der Waals surface area contributed by atoms with Crippen LogP contribution in [0.15, 0.2) is 65.3 Å². The summed E-state index contributed by atoms with van der Waals surface area (Å²) >= 11 is 0. The molecule has 1 aromatic carbocycles. The standard InChI is InChI=1S/C21H19N5O2/c1-14-8-9-19(28-14)18-10-11-22-21(25-18)26-15(2)17(13-24-26)20(27)23-12-16-6-4-3-5-7-16/h3-11,13H,12H2,1-2H3,(H,23,27). The summed E-state index contributed by atoms with van der Waals surface area (Å²) in [7, 11) is 0. The third-order valence-electron chi connectivity index (χ3n) is 4.38. The molecule has 0 aliphatic carbocycles. The van der Waals surface area contributed by atoms with Crippen LogP contribution in [0.5, 0.6) is 0 Å². The molecule has 0 aliphatic heterocycles. The Morgan fingerprint density at radius 2 is 1.93 bits per heavy atom. The molecule has 3 aromatic heterocycles. The van der Waals surface area contributed by atoms with Gasteiger partial charge in [-0.25, -0.2) is 14.6 Å². The van der Waals surface area contributed by atoms with Gasteiger partial charge in [-0.2, -0.15) is 5.10 Å². The van der Waals surface area contributed by atoms with Gasteiger partial charge in [0.2, 0.25) is 0 Å². The Kier molecular flexibility index (Phi) is 4.72. The lowest BCUT2D eigenvalue weighted by molar-refractivity contribution is 0.0950. The molecular formula is C21H19N5O2. The van der Waals surface area contributed by atoms with Gasteiger partial charge in [-0.3, -0.25) is 4.79 Å². The number of aromatic nitrogens is 4. The van der Waals surface area contributed by atoms with E-state index in [4.69, 9.17) is 4.42 Å². The first-order valence-electron chi connectivity index (χ1n) is 8.89. The van der Waals surface area contributed by atoms with Crippen molar-refractivity contribution < 1.29 is 9.21 Å². The summed E-state index contributed by atoms with van der Waals surface area (Å²) in [6, 6.07) is 15.3. The van der Waals surface area contributed by atoms with Crippen molar-refractivity contribution in [3.8, 4) is 17.4 Å². The zero-order chi connectivity index (χ0) is 19.5. The molecule has 0 bridgehead atoms. The second kappa shape index (κ2) is 7.48. The summed E-state index contributed by atoms with van der Waals surface area (Å²) < 4.78 is 7.18. The van der Waals surface area contributed by atoms with Gasteiger partial charge in [0.15, 0.2) is 5.76 Å². The molecule has 4 aromatic rings. The van der Waals surface area contributed by atoms with E-state index in [1.807, 2.05) is 56.3 Å². The first kappa shape index (κ1) is 17.7. The Balaban J connectivity index is 1.56. The number of aryl methyl sites for hydroxylation is 1. The van der Waals surface area contributed by atoms with Gasteiger partial charge in [0.25, 0.3) is 11.9 Å². The van der Waals surface area contributed by atoms with Gasteiger partial charge in [-0.05, 0) is 37.6 Å². The Labute approximate surface area is 162 Å². The van der Waals surface area contributed by atoms with Crippen molar-refractivity contribution in [1.82, 2.24) is 25.1 Å². The molecule has 0 spiro atoms. The third kappa shape index (κ3) is 3.55. The molecule has 0 radical (unpaired) electrons. The topological polar surface area (TPSA) is 85.8 Å². The molecule has 7 heteroatoms. The average Bonchev–Trinajstić information content (AvgIpc) is 3.33. The van der Waals surface area contributed by atoms with E-state index in [1.54, 1.807) is 16.9 Å². The van der Waals surface area contributed by atoms with E-state index in [0.717, 1.165) is 11.3 Å². The maximum absolute atomic E-state index is 12.6. The van der Waals surface area contributed by atoms with Crippen LogP contribution in [0.3, 0.4) is 0 Å². The molecule has 0 unspecified atom stereocenters. The van der Waals surface area contributed by atoms with Crippen LogP contribution in [0.2, 0.25) is 0 Å². The highest BCUT2D eigenvalue weighted by Gasteiger charge is 2.17. The number of nitrogens with zero attached hydrogens (tertiary/aromatic N) is 4. The fourth-order valence-corrected chi connectivity index (χ4v) is 2.87. The first-order chi connectivity index (χ1) is 13.6. The number of nitrogens with one attached hydrogen (secondary N) is 1. The number of benzene rings is 1. The third-order valence-corrected chi connectivity index (χ3v) is 4.38.